The van der Waals surface area contributed by atoms with Crippen LogP contribution in [0.2, 0.25) is 0 Å². The van der Waals surface area contributed by atoms with Gasteiger partial charge in [0.15, 0.2) is 0 Å². The van der Waals surface area contributed by atoms with Gasteiger partial charge in [-0.15, -0.1) is 0 Å². The standard InChI is InChI=1S/C11H21O2.V/c1-5-11-9(4)7(2)8(3)10(12)6-13-11;/h6-12H,5H2,1-4H3;/q-1;. The van der Waals surface area contributed by atoms with Crippen LogP contribution in [0.3, 0.4) is 0 Å². The fourth-order valence-corrected chi connectivity index (χ4v) is 2.03. The molecule has 0 bridgehead atoms. The average Bonchev–Trinajstić information content (AvgIpc) is 2.22. The van der Waals surface area contributed by atoms with Crippen LogP contribution < -0.4 is 0 Å². The molecule has 1 heterocycles. The van der Waals surface area contributed by atoms with Gasteiger partial charge in [0.25, 0.3) is 0 Å². The second kappa shape index (κ2) is 6.17. The maximum Gasteiger partial charge on any atom is 0.0257 e. The number of rotatable bonds is 1. The molecular formula is C11H21O2V-. The third-order valence-electron chi connectivity index (χ3n) is 3.58. The van der Waals surface area contributed by atoms with E-state index in [-0.39, 0.29) is 24.7 Å². The maximum atomic E-state index is 9.68. The Labute approximate surface area is 99.3 Å². The zero-order valence-electron chi connectivity index (χ0n) is 9.47. The minimum absolute atomic E-state index is 0. The molecule has 1 rings (SSSR count). The largest absolute Gasteiger partial charge is 0.547 e. The fraction of sp³-hybridized carbons (Fsp3) is 0.909. The summed E-state index contributed by atoms with van der Waals surface area (Å²) in [6.07, 6.45) is 0.880. The molecule has 1 saturated heterocycles. The van der Waals surface area contributed by atoms with E-state index in [9.17, 15) is 5.11 Å². The van der Waals surface area contributed by atoms with Gasteiger partial charge in [-0.05, 0) is 30.3 Å². The molecular weight excluding hydrogens is 215 g/mol. The molecule has 1 radical (unpaired) electrons. The van der Waals surface area contributed by atoms with Gasteiger partial charge in [0.1, 0.15) is 0 Å². The molecule has 0 aromatic heterocycles. The van der Waals surface area contributed by atoms with Crippen molar-refractivity contribution in [3.05, 3.63) is 6.61 Å². The predicted octanol–water partition coefficient (Wildman–Crippen LogP) is 2.22. The van der Waals surface area contributed by atoms with E-state index in [0.29, 0.717) is 17.8 Å². The summed E-state index contributed by atoms with van der Waals surface area (Å²) in [5.74, 6) is 1.33. The Morgan fingerprint density at radius 2 is 1.71 bits per heavy atom. The smallest absolute Gasteiger partial charge is 0.0257 e. The Balaban J connectivity index is 0.00000169. The summed E-state index contributed by atoms with van der Waals surface area (Å²) < 4.78 is 5.54. The minimum Gasteiger partial charge on any atom is -0.547 e. The molecule has 2 nitrogen and oxygen atoms in total. The molecule has 5 atom stereocenters. The van der Waals surface area contributed by atoms with Gasteiger partial charge in [0.2, 0.25) is 0 Å². The van der Waals surface area contributed by atoms with Gasteiger partial charge >= 0.3 is 0 Å². The topological polar surface area (TPSA) is 29.5 Å². The summed E-state index contributed by atoms with van der Waals surface area (Å²) in [7, 11) is 0. The molecule has 1 N–H and O–H groups in total. The third-order valence-corrected chi connectivity index (χ3v) is 3.58. The van der Waals surface area contributed by atoms with Gasteiger partial charge in [0.05, 0.1) is 0 Å². The summed E-state index contributed by atoms with van der Waals surface area (Å²) in [5, 5.41) is 9.68. The summed E-state index contributed by atoms with van der Waals surface area (Å²) in [5.41, 5.74) is 0. The molecule has 0 amide bonds. The zero-order chi connectivity index (χ0) is 10.0. The van der Waals surface area contributed by atoms with Gasteiger partial charge in [0, 0.05) is 24.7 Å². The maximum absolute atomic E-state index is 9.68. The Bertz CT molecular complexity index is 161. The van der Waals surface area contributed by atoms with Gasteiger partial charge in [-0.3, -0.25) is 0 Å². The zero-order valence-corrected chi connectivity index (χ0v) is 10.9. The van der Waals surface area contributed by atoms with Crippen molar-refractivity contribution in [2.24, 2.45) is 17.8 Å². The summed E-state index contributed by atoms with van der Waals surface area (Å²) in [6.45, 7) is 10.2. The second-order valence-corrected chi connectivity index (χ2v) is 4.29. The molecule has 0 aromatic carbocycles. The SMILES string of the molecule is CCC1O[CH-]C(O)C(C)C(C)C1C.[V]. The van der Waals surface area contributed by atoms with Crippen LogP contribution in [0.25, 0.3) is 0 Å². The van der Waals surface area contributed by atoms with E-state index >= 15 is 0 Å². The van der Waals surface area contributed by atoms with E-state index in [4.69, 9.17) is 4.74 Å². The van der Waals surface area contributed by atoms with Crippen LogP contribution in [0.1, 0.15) is 34.1 Å². The van der Waals surface area contributed by atoms with Crippen LogP contribution in [0.4, 0.5) is 0 Å². The minimum atomic E-state index is -0.408. The van der Waals surface area contributed by atoms with Crippen molar-refractivity contribution < 1.29 is 28.4 Å². The molecule has 0 aromatic rings. The second-order valence-electron chi connectivity index (χ2n) is 4.29. The molecule has 14 heavy (non-hydrogen) atoms. The van der Waals surface area contributed by atoms with Crippen LogP contribution in [-0.2, 0) is 23.3 Å². The Morgan fingerprint density at radius 1 is 1.14 bits per heavy atom. The van der Waals surface area contributed by atoms with Crippen molar-refractivity contribution in [2.45, 2.75) is 46.3 Å². The fourth-order valence-electron chi connectivity index (χ4n) is 2.03. The first-order chi connectivity index (χ1) is 6.07. The first-order valence-corrected chi connectivity index (χ1v) is 5.24. The van der Waals surface area contributed by atoms with Crippen LogP contribution in [0, 0.1) is 24.4 Å². The van der Waals surface area contributed by atoms with Gasteiger partial charge in [-0.2, -0.15) is 6.61 Å². The molecule has 5 unspecified atom stereocenters. The average molecular weight is 236 g/mol. The van der Waals surface area contributed by atoms with Crippen molar-refractivity contribution >= 4 is 0 Å². The Hall–Kier alpha value is 0.504. The van der Waals surface area contributed by atoms with Crippen LogP contribution in [0.5, 0.6) is 0 Å². The number of hydrogen-bond donors (Lipinski definition) is 1. The quantitative estimate of drug-likeness (QED) is 0.707. The van der Waals surface area contributed by atoms with Gasteiger partial charge < -0.3 is 9.84 Å². The van der Waals surface area contributed by atoms with Crippen LogP contribution >= 0.6 is 0 Å². The first-order valence-electron chi connectivity index (χ1n) is 5.24. The summed E-state index contributed by atoms with van der Waals surface area (Å²) in [6, 6.07) is 0. The van der Waals surface area contributed by atoms with E-state index in [1.165, 1.54) is 0 Å². The van der Waals surface area contributed by atoms with Crippen molar-refractivity contribution in [1.82, 2.24) is 0 Å². The number of aliphatic hydroxyl groups excluding tert-OH is 1. The molecule has 0 saturated carbocycles. The van der Waals surface area contributed by atoms with Crippen molar-refractivity contribution in [1.29, 1.82) is 0 Å². The first kappa shape index (κ1) is 14.5. The monoisotopic (exact) mass is 236 g/mol. The molecule has 3 heteroatoms. The number of hydrogen-bond acceptors (Lipinski definition) is 2. The van der Waals surface area contributed by atoms with Crippen molar-refractivity contribution in [3.8, 4) is 0 Å². The summed E-state index contributed by atoms with van der Waals surface area (Å²) in [4.78, 5) is 0. The molecule has 0 aliphatic carbocycles. The van der Waals surface area contributed by atoms with Gasteiger partial charge in [-0.1, -0.05) is 27.7 Å². The van der Waals surface area contributed by atoms with Gasteiger partial charge in [-0.25, -0.2) is 0 Å². The Kier molecular flexibility index (Phi) is 6.39. The third kappa shape index (κ3) is 3.00. The Morgan fingerprint density at radius 3 is 2.21 bits per heavy atom. The summed E-state index contributed by atoms with van der Waals surface area (Å²) >= 11 is 0. The number of aliphatic hydroxyl groups is 1. The molecule has 0 spiro atoms. The van der Waals surface area contributed by atoms with Crippen molar-refractivity contribution in [3.63, 3.8) is 0 Å². The van der Waals surface area contributed by atoms with E-state index in [1.807, 2.05) is 0 Å². The van der Waals surface area contributed by atoms with Crippen LogP contribution in [0.15, 0.2) is 0 Å². The normalized spacial score (nSPS) is 43.9. The number of ether oxygens (including phenoxy) is 1. The van der Waals surface area contributed by atoms with E-state index in [1.54, 1.807) is 6.61 Å². The van der Waals surface area contributed by atoms with E-state index in [2.05, 4.69) is 27.7 Å². The molecule has 1 aliphatic rings. The predicted molar refractivity (Wildman–Crippen MR) is 53.0 cm³/mol. The molecule has 83 valence electrons. The van der Waals surface area contributed by atoms with E-state index < -0.39 is 6.10 Å². The van der Waals surface area contributed by atoms with Crippen molar-refractivity contribution in [2.75, 3.05) is 0 Å². The van der Waals surface area contributed by atoms with Crippen LogP contribution in [-0.4, -0.2) is 17.3 Å². The molecule has 1 aliphatic heterocycles. The van der Waals surface area contributed by atoms with E-state index in [0.717, 1.165) is 6.42 Å². The molecule has 1 fully saturated rings.